The van der Waals surface area contributed by atoms with Crippen LogP contribution in [0.3, 0.4) is 0 Å². The van der Waals surface area contributed by atoms with Crippen molar-refractivity contribution in [3.8, 4) is 5.75 Å². The van der Waals surface area contributed by atoms with Crippen LogP contribution in [0.25, 0.3) is 0 Å². The highest BCUT2D eigenvalue weighted by molar-refractivity contribution is 5.83. The Morgan fingerprint density at radius 1 is 1.15 bits per heavy atom. The molecule has 2 nitrogen and oxygen atoms in total. The predicted octanol–water partition coefficient (Wildman–Crippen LogP) is 6.94. The van der Waals surface area contributed by atoms with Crippen LogP contribution in [0.4, 0.5) is 8.78 Å². The zero-order valence-corrected chi connectivity index (χ0v) is 16.6. The molecule has 1 atom stereocenters. The van der Waals surface area contributed by atoms with Crippen molar-refractivity contribution in [1.29, 1.82) is 0 Å². The smallest absolute Gasteiger partial charge is 0.335 e. The molecule has 0 radical (unpaired) electrons. The van der Waals surface area contributed by atoms with Gasteiger partial charge >= 0.3 is 5.97 Å². The summed E-state index contributed by atoms with van der Waals surface area (Å²) in [7, 11) is 0. The number of hydrogen-bond donors (Lipinski definition) is 0. The van der Waals surface area contributed by atoms with Gasteiger partial charge in [0.25, 0.3) is 0 Å². The van der Waals surface area contributed by atoms with Crippen molar-refractivity contribution in [2.24, 2.45) is 11.8 Å². The van der Waals surface area contributed by atoms with Crippen molar-refractivity contribution in [2.45, 2.75) is 77.6 Å². The van der Waals surface area contributed by atoms with Gasteiger partial charge in [0.2, 0.25) is 5.75 Å². The Hall–Kier alpha value is -1.71. The summed E-state index contributed by atoms with van der Waals surface area (Å²) in [6.07, 6.45) is 11.4. The lowest BCUT2D eigenvalue weighted by Gasteiger charge is -2.34. The minimum absolute atomic E-state index is 0.169. The first-order chi connectivity index (χ1) is 13.0. The van der Waals surface area contributed by atoms with Gasteiger partial charge < -0.3 is 4.74 Å². The molecular weight excluding hydrogens is 346 g/mol. The predicted molar refractivity (Wildman–Crippen MR) is 105 cm³/mol. The van der Waals surface area contributed by atoms with E-state index in [1.165, 1.54) is 44.2 Å². The number of unbranched alkanes of at least 4 members (excludes halogenated alkanes) is 1. The first kappa shape index (κ1) is 21.6. The molecule has 150 valence electrons. The number of rotatable bonds is 9. The van der Waals surface area contributed by atoms with Crippen molar-refractivity contribution in [3.05, 3.63) is 42.0 Å². The SMILES string of the molecule is C=CC(=O)Oc1c(F)cc(C2CCC(C(CCC)CCCC)CC2)cc1F. The molecule has 4 heteroatoms. The molecule has 2 rings (SSSR count). The summed E-state index contributed by atoms with van der Waals surface area (Å²) in [6, 6.07) is 2.64. The minimum Gasteiger partial charge on any atom is -0.417 e. The molecule has 0 bridgehead atoms. The summed E-state index contributed by atoms with van der Waals surface area (Å²) in [5.74, 6) is -1.47. The zero-order chi connectivity index (χ0) is 19.8. The molecular formula is C23H32F2O2. The molecule has 1 saturated carbocycles. The first-order valence-corrected chi connectivity index (χ1v) is 10.3. The molecule has 0 aliphatic heterocycles. The molecule has 1 fully saturated rings. The number of carbonyl (C=O) groups excluding carboxylic acids is 1. The highest BCUT2D eigenvalue weighted by atomic mass is 19.1. The molecule has 1 unspecified atom stereocenters. The molecule has 27 heavy (non-hydrogen) atoms. The summed E-state index contributed by atoms with van der Waals surface area (Å²) < 4.78 is 33.2. The Morgan fingerprint density at radius 3 is 2.30 bits per heavy atom. The van der Waals surface area contributed by atoms with E-state index in [0.29, 0.717) is 5.56 Å². The van der Waals surface area contributed by atoms with Gasteiger partial charge in [-0.3, -0.25) is 0 Å². The number of halogens is 2. The normalized spacial score (nSPS) is 20.9. The van der Waals surface area contributed by atoms with Crippen LogP contribution in [0.15, 0.2) is 24.8 Å². The highest BCUT2D eigenvalue weighted by Gasteiger charge is 2.28. The fraction of sp³-hybridized carbons (Fsp3) is 0.609. The third kappa shape index (κ3) is 5.88. The van der Waals surface area contributed by atoms with Gasteiger partial charge in [0.1, 0.15) is 0 Å². The lowest BCUT2D eigenvalue weighted by atomic mass is 9.71. The molecule has 1 aliphatic rings. The van der Waals surface area contributed by atoms with E-state index in [-0.39, 0.29) is 5.92 Å². The van der Waals surface area contributed by atoms with Crippen LogP contribution in [0.2, 0.25) is 0 Å². The van der Waals surface area contributed by atoms with Gasteiger partial charge in [-0.1, -0.05) is 52.5 Å². The van der Waals surface area contributed by atoms with E-state index < -0.39 is 23.4 Å². The van der Waals surface area contributed by atoms with E-state index in [1.54, 1.807) is 0 Å². The maximum absolute atomic E-state index is 14.3. The van der Waals surface area contributed by atoms with Crippen LogP contribution >= 0.6 is 0 Å². The van der Waals surface area contributed by atoms with Crippen LogP contribution < -0.4 is 4.74 Å². The zero-order valence-electron chi connectivity index (χ0n) is 16.6. The van der Waals surface area contributed by atoms with Crippen LogP contribution in [-0.4, -0.2) is 5.97 Å². The number of carbonyl (C=O) groups is 1. The summed E-state index contributed by atoms with van der Waals surface area (Å²) in [4.78, 5) is 11.2. The summed E-state index contributed by atoms with van der Waals surface area (Å²) in [5, 5.41) is 0. The van der Waals surface area contributed by atoms with Crippen LogP contribution in [0.1, 0.15) is 83.1 Å². The Labute approximate surface area is 162 Å². The van der Waals surface area contributed by atoms with E-state index in [1.807, 2.05) is 0 Å². The molecule has 1 aliphatic carbocycles. The van der Waals surface area contributed by atoms with Crippen molar-refractivity contribution in [1.82, 2.24) is 0 Å². The molecule has 1 aromatic carbocycles. The number of hydrogen-bond acceptors (Lipinski definition) is 2. The molecule has 0 aromatic heterocycles. The Bertz CT molecular complexity index is 610. The Morgan fingerprint density at radius 2 is 1.78 bits per heavy atom. The maximum atomic E-state index is 14.3. The number of benzene rings is 1. The van der Waals surface area contributed by atoms with Crippen LogP contribution in [0.5, 0.6) is 5.75 Å². The highest BCUT2D eigenvalue weighted by Crippen LogP contribution is 2.42. The quantitative estimate of drug-likeness (QED) is 0.264. The van der Waals surface area contributed by atoms with Crippen LogP contribution in [0, 0.1) is 23.5 Å². The van der Waals surface area contributed by atoms with Crippen molar-refractivity contribution in [2.75, 3.05) is 0 Å². The van der Waals surface area contributed by atoms with Gasteiger partial charge in [0.05, 0.1) is 0 Å². The lowest BCUT2D eigenvalue weighted by molar-refractivity contribution is -0.129. The van der Waals surface area contributed by atoms with E-state index in [0.717, 1.165) is 43.6 Å². The third-order valence-corrected chi connectivity index (χ3v) is 5.89. The second-order valence-corrected chi connectivity index (χ2v) is 7.74. The summed E-state index contributed by atoms with van der Waals surface area (Å²) >= 11 is 0. The van der Waals surface area contributed by atoms with Gasteiger partial charge in [-0.15, -0.1) is 0 Å². The number of ether oxygens (including phenoxy) is 1. The van der Waals surface area contributed by atoms with Crippen LogP contribution in [-0.2, 0) is 4.79 Å². The van der Waals surface area contributed by atoms with Gasteiger partial charge in [0, 0.05) is 6.08 Å². The summed E-state index contributed by atoms with van der Waals surface area (Å²) in [6.45, 7) is 7.72. The standard InChI is InChI=1S/C23H32F2O2/c1-4-7-9-16(8-5-2)17-10-12-18(13-11-17)19-14-20(24)23(21(25)15-19)27-22(26)6-3/h6,14-18H,3-5,7-13H2,1-2H3. The van der Waals surface area contributed by atoms with Gasteiger partial charge in [-0.25, -0.2) is 13.6 Å². The van der Waals surface area contributed by atoms with E-state index in [9.17, 15) is 13.6 Å². The topological polar surface area (TPSA) is 26.3 Å². The largest absolute Gasteiger partial charge is 0.417 e. The third-order valence-electron chi connectivity index (χ3n) is 5.89. The van der Waals surface area contributed by atoms with Crippen molar-refractivity contribution >= 4 is 5.97 Å². The fourth-order valence-electron chi connectivity index (χ4n) is 4.43. The molecule has 0 amide bonds. The molecule has 1 aromatic rings. The second-order valence-electron chi connectivity index (χ2n) is 7.74. The fourth-order valence-corrected chi connectivity index (χ4v) is 4.43. The Balaban J connectivity index is 2.02. The molecule has 0 heterocycles. The average molecular weight is 379 g/mol. The number of esters is 1. The monoisotopic (exact) mass is 378 g/mol. The maximum Gasteiger partial charge on any atom is 0.335 e. The second kappa shape index (κ2) is 10.6. The van der Waals surface area contributed by atoms with E-state index >= 15 is 0 Å². The lowest BCUT2D eigenvalue weighted by Crippen LogP contribution is -2.21. The van der Waals surface area contributed by atoms with E-state index in [2.05, 4.69) is 25.2 Å². The molecule has 0 N–H and O–H groups in total. The van der Waals surface area contributed by atoms with Crippen molar-refractivity contribution in [3.63, 3.8) is 0 Å². The Kier molecular flexibility index (Phi) is 8.46. The summed E-state index contributed by atoms with van der Waals surface area (Å²) in [5.41, 5.74) is 0.669. The molecule has 0 spiro atoms. The van der Waals surface area contributed by atoms with E-state index in [4.69, 9.17) is 0 Å². The van der Waals surface area contributed by atoms with Gasteiger partial charge in [-0.2, -0.15) is 0 Å². The van der Waals surface area contributed by atoms with Crippen molar-refractivity contribution < 1.29 is 18.3 Å². The van der Waals surface area contributed by atoms with Gasteiger partial charge in [-0.05, 0) is 61.1 Å². The molecule has 0 saturated heterocycles. The minimum atomic E-state index is -0.866. The average Bonchev–Trinajstić information content (AvgIpc) is 2.67. The van der Waals surface area contributed by atoms with Gasteiger partial charge in [0.15, 0.2) is 11.6 Å². The first-order valence-electron chi connectivity index (χ1n) is 10.3.